The molecule has 3 aromatic heterocycles. The predicted octanol–water partition coefficient (Wildman–Crippen LogP) is 0.0869. The zero-order valence-corrected chi connectivity index (χ0v) is 12.5. The van der Waals surface area contributed by atoms with Crippen molar-refractivity contribution >= 4 is 22.8 Å². The summed E-state index contributed by atoms with van der Waals surface area (Å²) >= 11 is 1.68. The van der Waals surface area contributed by atoms with Crippen LogP contribution >= 0.6 is 11.3 Å². The van der Waals surface area contributed by atoms with E-state index in [4.69, 9.17) is 0 Å². The van der Waals surface area contributed by atoms with Gasteiger partial charge >= 0.3 is 5.65 Å². The van der Waals surface area contributed by atoms with Crippen molar-refractivity contribution in [3.05, 3.63) is 23.7 Å². The third kappa shape index (κ3) is 2.16. The molecule has 3 aromatic rings. The Hall–Kier alpha value is -2.06. The fourth-order valence-corrected chi connectivity index (χ4v) is 3.32. The highest BCUT2D eigenvalue weighted by Crippen LogP contribution is 2.23. The van der Waals surface area contributed by atoms with Crippen LogP contribution in [0.3, 0.4) is 0 Å². The maximum atomic E-state index is 4.67. The van der Waals surface area contributed by atoms with Gasteiger partial charge in [-0.3, -0.25) is 0 Å². The number of nitrogens with zero attached hydrogens (tertiary/aromatic N) is 6. The number of fused-ring (bicyclic) bond motifs is 1. The Morgan fingerprint density at radius 1 is 1.33 bits per heavy atom. The Labute approximate surface area is 125 Å². The highest BCUT2D eigenvalue weighted by Gasteiger charge is 2.25. The molecule has 7 nitrogen and oxygen atoms in total. The van der Waals surface area contributed by atoms with Crippen molar-refractivity contribution in [1.82, 2.24) is 25.4 Å². The quantitative estimate of drug-likeness (QED) is 0.680. The molecule has 4 rings (SSSR count). The number of piperazine rings is 1. The highest BCUT2D eigenvalue weighted by atomic mass is 32.1. The van der Waals surface area contributed by atoms with Crippen LogP contribution in [0.2, 0.25) is 0 Å². The van der Waals surface area contributed by atoms with E-state index in [1.165, 1.54) is 0 Å². The lowest BCUT2D eigenvalue weighted by atomic mass is 10.3. The van der Waals surface area contributed by atoms with Crippen LogP contribution in [-0.4, -0.2) is 46.3 Å². The first kappa shape index (κ1) is 12.7. The first-order valence-corrected chi connectivity index (χ1v) is 7.83. The molecule has 0 spiro atoms. The summed E-state index contributed by atoms with van der Waals surface area (Å²) in [6.07, 6.45) is 1.89. The van der Waals surface area contributed by atoms with E-state index in [-0.39, 0.29) is 0 Å². The van der Waals surface area contributed by atoms with Gasteiger partial charge in [-0.1, -0.05) is 10.6 Å². The third-order valence-corrected chi connectivity index (χ3v) is 4.48. The van der Waals surface area contributed by atoms with E-state index in [1.54, 1.807) is 16.1 Å². The van der Waals surface area contributed by atoms with Crippen LogP contribution in [0, 0.1) is 0 Å². The SMILES string of the molecule is Cn1nc2c(N3CCNCC3)ncc(-c3cccs3)[n+]2n1. The molecule has 21 heavy (non-hydrogen) atoms. The van der Waals surface area contributed by atoms with Gasteiger partial charge in [-0.15, -0.1) is 11.3 Å². The van der Waals surface area contributed by atoms with E-state index in [0.29, 0.717) is 0 Å². The van der Waals surface area contributed by atoms with Crippen LogP contribution in [0.1, 0.15) is 0 Å². The van der Waals surface area contributed by atoms with Gasteiger partial charge in [0.1, 0.15) is 7.05 Å². The Morgan fingerprint density at radius 3 is 2.95 bits per heavy atom. The molecule has 0 atom stereocenters. The standard InChI is InChI=1S/C13H16N7S/c1-18-16-13-12(19-6-4-14-5-7-19)15-9-10(20(13)17-18)11-3-2-8-21-11/h2-3,8-9,14H,4-7H2,1H3/q+1. The minimum absolute atomic E-state index is 0.810. The lowest BCUT2D eigenvalue weighted by molar-refractivity contribution is -0.572. The summed E-state index contributed by atoms with van der Waals surface area (Å²) in [6.45, 7) is 3.83. The summed E-state index contributed by atoms with van der Waals surface area (Å²) in [4.78, 5) is 9.67. The van der Waals surface area contributed by atoms with Gasteiger partial charge in [0.25, 0.3) is 0 Å². The number of nitrogens with one attached hydrogen (secondary N) is 1. The molecule has 108 valence electrons. The number of rotatable bonds is 2. The zero-order valence-electron chi connectivity index (χ0n) is 11.7. The number of aryl methyl sites for hydroxylation is 1. The van der Waals surface area contributed by atoms with Gasteiger partial charge in [-0.25, -0.2) is 4.98 Å². The highest BCUT2D eigenvalue weighted by molar-refractivity contribution is 7.13. The van der Waals surface area contributed by atoms with Crippen LogP contribution in [-0.2, 0) is 7.05 Å². The average Bonchev–Trinajstić information content (AvgIpc) is 3.15. The lowest BCUT2D eigenvalue weighted by Crippen LogP contribution is -2.45. The van der Waals surface area contributed by atoms with Gasteiger partial charge < -0.3 is 10.2 Å². The number of thiophene rings is 1. The van der Waals surface area contributed by atoms with Crippen molar-refractivity contribution < 1.29 is 4.52 Å². The van der Waals surface area contributed by atoms with Crippen LogP contribution < -0.4 is 14.7 Å². The summed E-state index contributed by atoms with van der Waals surface area (Å²) in [5, 5.41) is 14.4. The van der Waals surface area contributed by atoms with Crippen molar-refractivity contribution in [1.29, 1.82) is 0 Å². The molecule has 1 aliphatic heterocycles. The summed E-state index contributed by atoms with van der Waals surface area (Å²) < 4.78 is 1.89. The molecular formula is C13H16N7S+. The van der Waals surface area contributed by atoms with E-state index in [2.05, 4.69) is 37.0 Å². The van der Waals surface area contributed by atoms with Crippen LogP contribution in [0.4, 0.5) is 5.82 Å². The van der Waals surface area contributed by atoms with Crippen molar-refractivity contribution in [2.24, 2.45) is 7.05 Å². The van der Waals surface area contributed by atoms with Crippen molar-refractivity contribution in [2.75, 3.05) is 31.1 Å². The summed E-state index contributed by atoms with van der Waals surface area (Å²) in [5.74, 6) is 0.907. The third-order valence-electron chi connectivity index (χ3n) is 3.59. The Balaban J connectivity index is 1.88. The molecule has 0 radical (unpaired) electrons. The average molecular weight is 302 g/mol. The Kier molecular flexibility index (Phi) is 3.04. The molecule has 1 aliphatic rings. The molecule has 0 aliphatic carbocycles. The molecular weight excluding hydrogens is 286 g/mol. The molecule has 1 fully saturated rings. The van der Waals surface area contributed by atoms with E-state index in [1.807, 2.05) is 23.8 Å². The monoisotopic (exact) mass is 302 g/mol. The second kappa shape index (κ2) is 5.05. The zero-order chi connectivity index (χ0) is 14.2. The molecule has 0 aromatic carbocycles. The first-order chi connectivity index (χ1) is 10.3. The van der Waals surface area contributed by atoms with Crippen molar-refractivity contribution in [3.8, 4) is 10.6 Å². The van der Waals surface area contributed by atoms with Crippen LogP contribution in [0.25, 0.3) is 16.2 Å². The van der Waals surface area contributed by atoms with Gasteiger partial charge in [0.2, 0.25) is 5.82 Å². The van der Waals surface area contributed by atoms with E-state index in [0.717, 1.165) is 48.2 Å². The van der Waals surface area contributed by atoms with Crippen molar-refractivity contribution in [2.45, 2.75) is 0 Å². The summed E-state index contributed by atoms with van der Waals surface area (Å²) in [6, 6.07) is 4.11. The fourth-order valence-electron chi connectivity index (χ4n) is 2.60. The van der Waals surface area contributed by atoms with Crippen LogP contribution in [0.5, 0.6) is 0 Å². The minimum Gasteiger partial charge on any atom is -0.348 e. The van der Waals surface area contributed by atoms with E-state index >= 15 is 0 Å². The molecule has 0 amide bonds. The number of anilines is 1. The van der Waals surface area contributed by atoms with Gasteiger partial charge in [0, 0.05) is 26.2 Å². The number of tetrazole rings is 1. The summed E-state index contributed by atoms with van der Waals surface area (Å²) in [5.41, 5.74) is 1.79. The lowest BCUT2D eigenvalue weighted by Gasteiger charge is -2.27. The first-order valence-electron chi connectivity index (χ1n) is 6.95. The smallest absolute Gasteiger partial charge is 0.348 e. The van der Waals surface area contributed by atoms with Crippen LogP contribution in [0.15, 0.2) is 23.7 Å². The molecule has 0 saturated carbocycles. The molecule has 0 unspecified atom stereocenters. The van der Waals surface area contributed by atoms with Gasteiger partial charge in [-0.2, -0.15) is 0 Å². The van der Waals surface area contributed by atoms with E-state index < -0.39 is 0 Å². The van der Waals surface area contributed by atoms with Crippen molar-refractivity contribution in [3.63, 3.8) is 0 Å². The van der Waals surface area contributed by atoms with Gasteiger partial charge in [-0.05, 0) is 16.2 Å². The second-order valence-corrected chi connectivity index (χ2v) is 5.94. The second-order valence-electron chi connectivity index (χ2n) is 5.00. The number of hydrogen-bond acceptors (Lipinski definition) is 6. The normalized spacial score (nSPS) is 15.8. The van der Waals surface area contributed by atoms with E-state index in [9.17, 15) is 0 Å². The molecule has 8 heteroatoms. The summed E-state index contributed by atoms with van der Waals surface area (Å²) in [7, 11) is 1.84. The molecule has 1 saturated heterocycles. The van der Waals surface area contributed by atoms with Gasteiger partial charge in [0.15, 0.2) is 5.69 Å². The van der Waals surface area contributed by atoms with Gasteiger partial charge in [0.05, 0.1) is 21.4 Å². The molecule has 1 N–H and O–H groups in total. The minimum atomic E-state index is 0.810. The molecule has 4 heterocycles. The Morgan fingerprint density at radius 2 is 2.19 bits per heavy atom. The molecule has 0 bridgehead atoms. The number of aromatic nitrogens is 5. The largest absolute Gasteiger partial charge is 0.370 e. The number of hydrogen-bond donors (Lipinski definition) is 1. The maximum Gasteiger partial charge on any atom is 0.370 e. The predicted molar refractivity (Wildman–Crippen MR) is 80.4 cm³/mol. The topological polar surface area (TPSA) is 63.0 Å². The Bertz CT molecular complexity index is 758. The fraction of sp³-hybridized carbons (Fsp3) is 0.385. The maximum absolute atomic E-state index is 4.67.